The molecule has 2 aromatic heterocycles. The standard InChI is InChI=1S/C15H9ClF3NOS/c1-20-5-4-12-13(14(20)21)9(7-22-12)8-2-3-11(16)10(6-8)15(17,18)19/h2-7H,1H3. The molecule has 0 radical (unpaired) electrons. The number of halogens is 4. The van der Waals surface area contributed by atoms with Gasteiger partial charge in [0.15, 0.2) is 0 Å². The molecule has 3 rings (SSSR count). The lowest BCUT2D eigenvalue weighted by atomic mass is 10.0. The molecule has 0 N–H and O–H groups in total. The van der Waals surface area contributed by atoms with Crippen LogP contribution < -0.4 is 5.56 Å². The van der Waals surface area contributed by atoms with Gasteiger partial charge >= 0.3 is 6.18 Å². The largest absolute Gasteiger partial charge is 0.417 e. The van der Waals surface area contributed by atoms with Crippen LogP contribution in [0.5, 0.6) is 0 Å². The van der Waals surface area contributed by atoms with E-state index in [1.165, 1.54) is 28.0 Å². The van der Waals surface area contributed by atoms with Crippen LogP contribution in [-0.4, -0.2) is 4.57 Å². The molecular formula is C15H9ClF3NOS. The molecular weight excluding hydrogens is 335 g/mol. The number of fused-ring (bicyclic) bond motifs is 1. The van der Waals surface area contributed by atoms with E-state index in [9.17, 15) is 18.0 Å². The highest BCUT2D eigenvalue weighted by molar-refractivity contribution is 7.17. The number of rotatable bonds is 1. The van der Waals surface area contributed by atoms with Crippen molar-refractivity contribution in [3.63, 3.8) is 0 Å². The first kappa shape index (κ1) is 15.1. The molecule has 0 spiro atoms. The molecule has 2 heterocycles. The second-order valence-corrected chi connectivity index (χ2v) is 6.13. The minimum Gasteiger partial charge on any atom is -0.318 e. The third kappa shape index (κ3) is 2.42. The number of hydrogen-bond donors (Lipinski definition) is 0. The number of benzene rings is 1. The first-order chi connectivity index (χ1) is 10.3. The summed E-state index contributed by atoms with van der Waals surface area (Å²) >= 11 is 6.96. The summed E-state index contributed by atoms with van der Waals surface area (Å²) in [6, 6.07) is 5.45. The second kappa shape index (κ2) is 5.14. The Balaban J connectivity index is 2.29. The van der Waals surface area contributed by atoms with Crippen LogP contribution in [0.4, 0.5) is 13.2 Å². The van der Waals surface area contributed by atoms with Crippen LogP contribution in [0.1, 0.15) is 5.56 Å². The van der Waals surface area contributed by atoms with Crippen LogP contribution in [-0.2, 0) is 13.2 Å². The molecule has 0 aliphatic heterocycles. The van der Waals surface area contributed by atoms with E-state index >= 15 is 0 Å². The number of aromatic nitrogens is 1. The van der Waals surface area contributed by atoms with Crippen LogP contribution in [0.3, 0.4) is 0 Å². The van der Waals surface area contributed by atoms with Crippen molar-refractivity contribution in [1.82, 2.24) is 4.57 Å². The molecule has 22 heavy (non-hydrogen) atoms. The molecule has 0 aliphatic rings. The number of alkyl halides is 3. The fourth-order valence-corrected chi connectivity index (χ4v) is 3.44. The SMILES string of the molecule is Cn1ccc2scc(-c3ccc(Cl)c(C(F)(F)F)c3)c2c1=O. The maximum absolute atomic E-state index is 13.0. The van der Waals surface area contributed by atoms with Gasteiger partial charge in [0.25, 0.3) is 5.56 Å². The quantitative estimate of drug-likeness (QED) is 0.613. The van der Waals surface area contributed by atoms with E-state index in [2.05, 4.69) is 0 Å². The van der Waals surface area contributed by atoms with Gasteiger partial charge in [-0.25, -0.2) is 0 Å². The van der Waals surface area contributed by atoms with Crippen molar-refractivity contribution in [3.8, 4) is 11.1 Å². The van der Waals surface area contributed by atoms with E-state index in [-0.39, 0.29) is 10.6 Å². The molecule has 0 atom stereocenters. The average molecular weight is 344 g/mol. The molecule has 7 heteroatoms. The zero-order chi connectivity index (χ0) is 16.1. The fraction of sp³-hybridized carbons (Fsp3) is 0.133. The second-order valence-electron chi connectivity index (χ2n) is 4.81. The van der Waals surface area contributed by atoms with E-state index in [4.69, 9.17) is 11.6 Å². The van der Waals surface area contributed by atoms with Gasteiger partial charge in [-0.3, -0.25) is 4.79 Å². The number of thiophene rings is 1. The van der Waals surface area contributed by atoms with E-state index in [0.29, 0.717) is 16.5 Å². The van der Waals surface area contributed by atoms with Crippen molar-refractivity contribution in [2.24, 2.45) is 7.05 Å². The monoisotopic (exact) mass is 343 g/mol. The van der Waals surface area contributed by atoms with Gasteiger partial charge in [-0.1, -0.05) is 17.7 Å². The Morgan fingerprint density at radius 2 is 1.95 bits per heavy atom. The summed E-state index contributed by atoms with van der Waals surface area (Å²) in [5, 5.41) is 1.75. The lowest BCUT2D eigenvalue weighted by Crippen LogP contribution is -2.15. The third-order valence-electron chi connectivity index (χ3n) is 3.39. The van der Waals surface area contributed by atoms with Gasteiger partial charge in [-0.05, 0) is 23.8 Å². The summed E-state index contributed by atoms with van der Waals surface area (Å²) in [7, 11) is 1.60. The van der Waals surface area contributed by atoms with Gasteiger partial charge in [0.05, 0.1) is 16.0 Å². The van der Waals surface area contributed by atoms with Gasteiger partial charge in [-0.15, -0.1) is 11.3 Å². The van der Waals surface area contributed by atoms with Crippen LogP contribution in [0.15, 0.2) is 40.6 Å². The molecule has 0 saturated carbocycles. The lowest BCUT2D eigenvalue weighted by molar-refractivity contribution is -0.137. The van der Waals surface area contributed by atoms with Gasteiger partial charge < -0.3 is 4.57 Å². The minimum atomic E-state index is -4.54. The fourth-order valence-electron chi connectivity index (χ4n) is 2.26. The number of nitrogens with zero attached hydrogens (tertiary/aromatic N) is 1. The highest BCUT2D eigenvalue weighted by Gasteiger charge is 2.33. The van der Waals surface area contributed by atoms with Gasteiger partial charge in [0, 0.05) is 28.9 Å². The van der Waals surface area contributed by atoms with Crippen LogP contribution in [0, 0.1) is 0 Å². The molecule has 0 fully saturated rings. The maximum atomic E-state index is 13.0. The molecule has 1 aromatic carbocycles. The predicted molar refractivity (Wildman–Crippen MR) is 82.5 cm³/mol. The normalized spacial score (nSPS) is 12.0. The Bertz CT molecular complexity index is 927. The summed E-state index contributed by atoms with van der Waals surface area (Å²) < 4.78 is 41.1. The first-order valence-corrected chi connectivity index (χ1v) is 7.49. The van der Waals surface area contributed by atoms with Gasteiger partial charge in [-0.2, -0.15) is 13.2 Å². The predicted octanol–water partition coefficient (Wildman–Crippen LogP) is 4.94. The van der Waals surface area contributed by atoms with E-state index in [0.717, 1.165) is 10.8 Å². The minimum absolute atomic E-state index is 0.239. The Morgan fingerprint density at radius 3 is 2.64 bits per heavy atom. The van der Waals surface area contributed by atoms with Crippen molar-refractivity contribution in [1.29, 1.82) is 0 Å². The highest BCUT2D eigenvalue weighted by atomic mass is 35.5. The lowest BCUT2D eigenvalue weighted by Gasteiger charge is -2.10. The Hall–Kier alpha value is -1.79. The first-order valence-electron chi connectivity index (χ1n) is 6.23. The van der Waals surface area contributed by atoms with Gasteiger partial charge in [0.1, 0.15) is 0 Å². The third-order valence-corrected chi connectivity index (χ3v) is 4.66. The maximum Gasteiger partial charge on any atom is 0.417 e. The molecule has 2 nitrogen and oxygen atoms in total. The summed E-state index contributed by atoms with van der Waals surface area (Å²) in [6.07, 6.45) is -2.90. The molecule has 3 aromatic rings. The number of aryl methyl sites for hydroxylation is 1. The van der Waals surface area contributed by atoms with Crippen LogP contribution in [0.25, 0.3) is 21.2 Å². The molecule has 0 amide bonds. The number of hydrogen-bond acceptors (Lipinski definition) is 2. The number of pyridine rings is 1. The zero-order valence-corrected chi connectivity index (χ0v) is 12.8. The highest BCUT2D eigenvalue weighted by Crippen LogP contribution is 2.39. The van der Waals surface area contributed by atoms with Crippen molar-refractivity contribution in [3.05, 3.63) is 56.8 Å². The smallest absolute Gasteiger partial charge is 0.318 e. The molecule has 0 bridgehead atoms. The van der Waals surface area contributed by atoms with E-state index in [1.54, 1.807) is 24.7 Å². The van der Waals surface area contributed by atoms with Crippen LogP contribution in [0.2, 0.25) is 5.02 Å². The molecule has 0 aliphatic carbocycles. The summed E-state index contributed by atoms with van der Waals surface area (Å²) in [5.41, 5.74) is -0.328. The van der Waals surface area contributed by atoms with E-state index < -0.39 is 11.7 Å². The van der Waals surface area contributed by atoms with Crippen molar-refractivity contribution < 1.29 is 13.2 Å². The summed E-state index contributed by atoms with van der Waals surface area (Å²) in [6.45, 7) is 0. The van der Waals surface area contributed by atoms with Crippen LogP contribution >= 0.6 is 22.9 Å². The van der Waals surface area contributed by atoms with E-state index in [1.807, 2.05) is 0 Å². The Morgan fingerprint density at radius 1 is 1.23 bits per heavy atom. The molecule has 0 saturated heterocycles. The van der Waals surface area contributed by atoms with Crippen molar-refractivity contribution in [2.45, 2.75) is 6.18 Å². The molecule has 0 unspecified atom stereocenters. The average Bonchev–Trinajstić information content (AvgIpc) is 2.87. The molecule has 114 valence electrons. The summed E-state index contributed by atoms with van der Waals surface area (Å²) in [4.78, 5) is 12.3. The van der Waals surface area contributed by atoms with Gasteiger partial charge in [0.2, 0.25) is 0 Å². The topological polar surface area (TPSA) is 22.0 Å². The Labute approximate surface area is 132 Å². The Kier molecular flexibility index (Phi) is 3.53. The zero-order valence-electron chi connectivity index (χ0n) is 11.2. The van der Waals surface area contributed by atoms with Crippen molar-refractivity contribution in [2.75, 3.05) is 0 Å². The van der Waals surface area contributed by atoms with Crippen molar-refractivity contribution >= 4 is 33.0 Å². The summed E-state index contributed by atoms with van der Waals surface area (Å²) in [5.74, 6) is 0.